The molecule has 30 heavy (non-hydrogen) atoms. The van der Waals surface area contributed by atoms with E-state index in [1.807, 2.05) is 17.5 Å². The van der Waals surface area contributed by atoms with Crippen molar-refractivity contribution in [2.75, 3.05) is 5.32 Å². The van der Waals surface area contributed by atoms with Gasteiger partial charge in [0.25, 0.3) is 5.91 Å². The average Bonchev–Trinajstić information content (AvgIpc) is 3.47. The second-order valence-corrected chi connectivity index (χ2v) is 8.32. The van der Waals surface area contributed by atoms with Crippen molar-refractivity contribution in [2.24, 2.45) is 0 Å². The topological polar surface area (TPSA) is 88.9 Å². The first-order valence-corrected chi connectivity index (χ1v) is 10.6. The number of thiophene rings is 1. The van der Waals surface area contributed by atoms with Gasteiger partial charge in [0.2, 0.25) is 5.91 Å². The van der Waals surface area contributed by atoms with Crippen molar-refractivity contribution in [3.05, 3.63) is 70.7 Å². The maximum absolute atomic E-state index is 13.2. The van der Waals surface area contributed by atoms with E-state index in [1.165, 1.54) is 54.3 Å². The molecular formula is C20H16FN5O2S2. The number of rotatable bonds is 6. The van der Waals surface area contributed by atoms with E-state index in [9.17, 15) is 14.0 Å². The quantitative estimate of drug-likeness (QED) is 0.472. The lowest BCUT2D eigenvalue weighted by Crippen LogP contribution is -2.17. The second kappa shape index (κ2) is 8.56. The van der Waals surface area contributed by atoms with E-state index in [2.05, 4.69) is 20.6 Å². The summed E-state index contributed by atoms with van der Waals surface area (Å²) in [5.74, 6) is -0.798. The van der Waals surface area contributed by atoms with Crippen molar-refractivity contribution >= 4 is 39.6 Å². The number of carbonyl (C=O) groups excluding carboxylic acids is 2. The van der Waals surface area contributed by atoms with Crippen LogP contribution in [0.3, 0.4) is 0 Å². The standard InChI is InChI=1S/C20H16FN5O2S2/c1-12(27)23-8-15-6-7-18(30-15)16-10-29-20(24-16)25-19(28)17-9-22-11-26(17)14-4-2-13(21)3-5-14/h2-7,9-11H,8H2,1H3,(H,23,27)(H,24,25,28). The number of nitrogens with one attached hydrogen (secondary N) is 2. The van der Waals surface area contributed by atoms with Crippen LogP contribution >= 0.6 is 22.7 Å². The van der Waals surface area contributed by atoms with Crippen LogP contribution < -0.4 is 10.6 Å². The molecule has 152 valence electrons. The zero-order chi connectivity index (χ0) is 21.1. The maximum Gasteiger partial charge on any atom is 0.276 e. The van der Waals surface area contributed by atoms with Gasteiger partial charge in [0.15, 0.2) is 5.13 Å². The van der Waals surface area contributed by atoms with Gasteiger partial charge >= 0.3 is 0 Å². The van der Waals surface area contributed by atoms with Gasteiger partial charge in [-0.1, -0.05) is 0 Å². The Bertz CT molecular complexity index is 1200. The molecule has 0 atom stereocenters. The lowest BCUT2D eigenvalue weighted by atomic mass is 10.3. The Morgan fingerprint density at radius 2 is 1.97 bits per heavy atom. The number of thiazole rings is 1. The van der Waals surface area contributed by atoms with Crippen molar-refractivity contribution in [1.82, 2.24) is 19.9 Å². The molecule has 0 bridgehead atoms. The number of nitrogens with zero attached hydrogens (tertiary/aromatic N) is 3. The molecule has 0 saturated carbocycles. The smallest absolute Gasteiger partial charge is 0.276 e. The molecule has 2 N–H and O–H groups in total. The van der Waals surface area contributed by atoms with Gasteiger partial charge in [-0.3, -0.25) is 19.5 Å². The third kappa shape index (κ3) is 4.44. The van der Waals surface area contributed by atoms with E-state index >= 15 is 0 Å². The number of imidazole rings is 1. The van der Waals surface area contributed by atoms with Gasteiger partial charge in [0, 0.05) is 22.9 Å². The molecule has 2 amide bonds. The number of halogens is 1. The average molecular weight is 442 g/mol. The van der Waals surface area contributed by atoms with Crippen LogP contribution in [0.4, 0.5) is 9.52 Å². The minimum absolute atomic E-state index is 0.0801. The molecule has 10 heteroatoms. The summed E-state index contributed by atoms with van der Waals surface area (Å²) >= 11 is 2.85. The lowest BCUT2D eigenvalue weighted by molar-refractivity contribution is -0.119. The highest BCUT2D eigenvalue weighted by atomic mass is 32.1. The highest BCUT2D eigenvalue weighted by Gasteiger charge is 2.16. The molecule has 4 rings (SSSR count). The van der Waals surface area contributed by atoms with Crippen LogP contribution in [0, 0.1) is 5.82 Å². The molecule has 3 heterocycles. The van der Waals surface area contributed by atoms with Crippen LogP contribution in [0.2, 0.25) is 0 Å². The van der Waals surface area contributed by atoms with E-state index in [1.54, 1.807) is 16.7 Å². The van der Waals surface area contributed by atoms with E-state index in [0.717, 1.165) is 15.4 Å². The highest BCUT2D eigenvalue weighted by Crippen LogP contribution is 2.31. The third-order valence-electron chi connectivity index (χ3n) is 4.13. The van der Waals surface area contributed by atoms with Gasteiger partial charge in [-0.15, -0.1) is 22.7 Å². The Labute approximate surface area is 179 Å². The summed E-state index contributed by atoms with van der Waals surface area (Å²) in [6.07, 6.45) is 2.94. The molecule has 0 radical (unpaired) electrons. The summed E-state index contributed by atoms with van der Waals surface area (Å²) < 4.78 is 14.7. The fourth-order valence-electron chi connectivity index (χ4n) is 2.70. The van der Waals surface area contributed by atoms with Gasteiger partial charge < -0.3 is 5.32 Å². The molecule has 0 aliphatic heterocycles. The molecule has 4 aromatic rings. The minimum atomic E-state index is -0.366. The monoisotopic (exact) mass is 441 g/mol. The fourth-order valence-corrected chi connectivity index (χ4v) is 4.39. The van der Waals surface area contributed by atoms with E-state index in [0.29, 0.717) is 23.1 Å². The first kappa shape index (κ1) is 19.9. The van der Waals surface area contributed by atoms with Gasteiger partial charge in [-0.2, -0.15) is 0 Å². The highest BCUT2D eigenvalue weighted by molar-refractivity contribution is 7.17. The van der Waals surface area contributed by atoms with E-state index in [-0.39, 0.29) is 17.6 Å². The van der Waals surface area contributed by atoms with Crippen molar-refractivity contribution in [3.63, 3.8) is 0 Å². The largest absolute Gasteiger partial charge is 0.351 e. The van der Waals surface area contributed by atoms with Gasteiger partial charge in [0.1, 0.15) is 11.5 Å². The van der Waals surface area contributed by atoms with Crippen LogP contribution in [0.1, 0.15) is 22.3 Å². The van der Waals surface area contributed by atoms with Crippen LogP contribution in [0.25, 0.3) is 16.3 Å². The maximum atomic E-state index is 13.2. The number of amides is 2. The van der Waals surface area contributed by atoms with E-state index < -0.39 is 0 Å². The Balaban J connectivity index is 1.47. The van der Waals surface area contributed by atoms with Crippen molar-refractivity contribution in [2.45, 2.75) is 13.5 Å². The normalized spacial score (nSPS) is 10.7. The molecule has 3 aromatic heterocycles. The summed E-state index contributed by atoms with van der Waals surface area (Å²) in [5, 5.41) is 7.87. The molecule has 0 fully saturated rings. The van der Waals surface area contributed by atoms with E-state index in [4.69, 9.17) is 0 Å². The predicted molar refractivity (Wildman–Crippen MR) is 114 cm³/mol. The second-order valence-electron chi connectivity index (χ2n) is 6.29. The summed E-state index contributed by atoms with van der Waals surface area (Å²) in [5.41, 5.74) is 1.69. The zero-order valence-electron chi connectivity index (χ0n) is 15.8. The van der Waals surface area contributed by atoms with Crippen LogP contribution in [-0.2, 0) is 11.3 Å². The number of aromatic nitrogens is 3. The molecule has 0 aliphatic carbocycles. The molecule has 0 spiro atoms. The summed E-state index contributed by atoms with van der Waals surface area (Å²) in [7, 11) is 0. The number of anilines is 1. The predicted octanol–water partition coefficient (Wildman–Crippen LogP) is 4.08. The first-order valence-electron chi connectivity index (χ1n) is 8.88. The number of hydrogen-bond acceptors (Lipinski definition) is 6. The molecule has 0 unspecified atom stereocenters. The van der Waals surface area contributed by atoms with Crippen molar-refractivity contribution in [3.8, 4) is 16.3 Å². The summed E-state index contributed by atoms with van der Waals surface area (Å²) in [6.45, 7) is 1.95. The lowest BCUT2D eigenvalue weighted by Gasteiger charge is -2.07. The molecule has 0 saturated heterocycles. The Kier molecular flexibility index (Phi) is 5.68. The van der Waals surface area contributed by atoms with Gasteiger partial charge in [-0.05, 0) is 36.4 Å². The molecule has 7 nitrogen and oxygen atoms in total. The van der Waals surface area contributed by atoms with Crippen molar-refractivity contribution < 1.29 is 14.0 Å². The Morgan fingerprint density at radius 1 is 1.17 bits per heavy atom. The first-order chi connectivity index (χ1) is 14.5. The number of carbonyl (C=O) groups is 2. The molecule has 0 aliphatic rings. The Hall–Kier alpha value is -3.37. The number of benzene rings is 1. The molecule has 1 aromatic carbocycles. The fraction of sp³-hybridized carbons (Fsp3) is 0.100. The molecular weight excluding hydrogens is 425 g/mol. The third-order valence-corrected chi connectivity index (χ3v) is 5.99. The van der Waals surface area contributed by atoms with Crippen LogP contribution in [0.15, 0.2) is 54.3 Å². The zero-order valence-corrected chi connectivity index (χ0v) is 17.4. The van der Waals surface area contributed by atoms with Gasteiger partial charge in [-0.25, -0.2) is 14.4 Å². The SMILES string of the molecule is CC(=O)NCc1ccc(-c2csc(NC(=O)c3cncn3-c3ccc(F)cc3)n2)s1. The Morgan fingerprint density at radius 3 is 2.73 bits per heavy atom. The van der Waals surface area contributed by atoms with Crippen LogP contribution in [-0.4, -0.2) is 26.3 Å². The van der Waals surface area contributed by atoms with Crippen LogP contribution in [0.5, 0.6) is 0 Å². The summed E-state index contributed by atoms with van der Waals surface area (Å²) in [4.78, 5) is 34.2. The van der Waals surface area contributed by atoms with Gasteiger partial charge in [0.05, 0.1) is 29.6 Å². The minimum Gasteiger partial charge on any atom is -0.351 e. The summed E-state index contributed by atoms with van der Waals surface area (Å²) in [6, 6.07) is 9.67. The number of hydrogen-bond donors (Lipinski definition) is 2. The van der Waals surface area contributed by atoms with Crippen molar-refractivity contribution in [1.29, 1.82) is 0 Å².